The lowest BCUT2D eigenvalue weighted by atomic mass is 9.84. The highest BCUT2D eigenvalue weighted by atomic mass is 16.2. The van der Waals surface area contributed by atoms with Gasteiger partial charge in [0.25, 0.3) is 0 Å². The molecule has 1 aliphatic heterocycles. The normalized spacial score (nSPS) is 23.9. The van der Waals surface area contributed by atoms with Crippen LogP contribution in [0.1, 0.15) is 37.4 Å². The average molecular weight is 380 g/mol. The van der Waals surface area contributed by atoms with Crippen molar-refractivity contribution in [2.24, 2.45) is 17.6 Å². The van der Waals surface area contributed by atoms with Gasteiger partial charge in [0.2, 0.25) is 5.91 Å². The van der Waals surface area contributed by atoms with Crippen LogP contribution in [0.2, 0.25) is 0 Å². The molecular formula is C24H33N3O. The first kappa shape index (κ1) is 20.6. The first-order chi connectivity index (χ1) is 13.5. The second-order valence-corrected chi connectivity index (χ2v) is 8.35. The van der Waals surface area contributed by atoms with Gasteiger partial charge >= 0.3 is 0 Å². The van der Waals surface area contributed by atoms with Crippen LogP contribution < -0.4 is 5.73 Å². The monoisotopic (exact) mass is 379 g/mol. The number of nitrogens with two attached hydrogens (primary N) is 1. The lowest BCUT2D eigenvalue weighted by Crippen LogP contribution is -2.55. The zero-order valence-corrected chi connectivity index (χ0v) is 17.3. The Morgan fingerprint density at radius 2 is 1.57 bits per heavy atom. The van der Waals surface area contributed by atoms with E-state index in [9.17, 15) is 4.79 Å². The number of nitrogens with zero attached hydrogens (tertiary/aromatic N) is 2. The number of likely N-dealkylation sites (tertiary alicyclic amines) is 1. The highest BCUT2D eigenvalue weighted by Gasteiger charge is 2.36. The van der Waals surface area contributed by atoms with Crippen LogP contribution >= 0.6 is 0 Å². The Morgan fingerprint density at radius 3 is 2.14 bits per heavy atom. The van der Waals surface area contributed by atoms with Gasteiger partial charge in [-0.15, -0.1) is 0 Å². The summed E-state index contributed by atoms with van der Waals surface area (Å²) in [7, 11) is 1.95. The predicted octanol–water partition coefficient (Wildman–Crippen LogP) is 3.69. The van der Waals surface area contributed by atoms with E-state index in [1.54, 1.807) is 0 Å². The molecule has 1 saturated heterocycles. The predicted molar refractivity (Wildman–Crippen MR) is 115 cm³/mol. The standard InChI is InChI=1S/C24H33N3O/c1-18-15-27(17-20-10-6-4-7-11-20)16-19(2)24(18)26(3)23(28)14-22(25)21-12-8-5-9-13-21/h4-13,18-19,22,24H,14-17,25H2,1-3H3. The summed E-state index contributed by atoms with van der Waals surface area (Å²) in [6, 6.07) is 20.5. The van der Waals surface area contributed by atoms with E-state index in [0.29, 0.717) is 18.3 Å². The average Bonchev–Trinajstić information content (AvgIpc) is 2.68. The number of carbonyl (C=O) groups is 1. The Bertz CT molecular complexity index is 737. The van der Waals surface area contributed by atoms with Crippen LogP contribution in [-0.4, -0.2) is 41.9 Å². The molecule has 0 aromatic heterocycles. The fourth-order valence-corrected chi connectivity index (χ4v) is 4.72. The third-order valence-electron chi connectivity index (χ3n) is 5.97. The summed E-state index contributed by atoms with van der Waals surface area (Å²) < 4.78 is 0. The molecule has 3 unspecified atom stereocenters. The number of piperidine rings is 1. The third-order valence-corrected chi connectivity index (χ3v) is 5.97. The van der Waals surface area contributed by atoms with Crippen LogP contribution in [-0.2, 0) is 11.3 Å². The number of hydrogen-bond donors (Lipinski definition) is 1. The molecule has 0 bridgehead atoms. The number of carbonyl (C=O) groups excluding carboxylic acids is 1. The Morgan fingerprint density at radius 1 is 1.04 bits per heavy atom. The largest absolute Gasteiger partial charge is 0.342 e. The number of benzene rings is 2. The van der Waals surface area contributed by atoms with Crippen LogP contribution in [0.3, 0.4) is 0 Å². The lowest BCUT2D eigenvalue weighted by molar-refractivity contribution is -0.136. The van der Waals surface area contributed by atoms with Crippen molar-refractivity contribution in [3.05, 3.63) is 71.8 Å². The zero-order valence-electron chi connectivity index (χ0n) is 17.3. The van der Waals surface area contributed by atoms with Gasteiger partial charge in [-0.3, -0.25) is 9.69 Å². The summed E-state index contributed by atoms with van der Waals surface area (Å²) in [6.45, 7) is 7.51. The summed E-state index contributed by atoms with van der Waals surface area (Å²) in [4.78, 5) is 17.4. The SMILES string of the molecule is CC1CN(Cc2ccccc2)CC(C)C1N(C)C(=O)CC(N)c1ccccc1. The molecule has 0 aliphatic carbocycles. The van der Waals surface area contributed by atoms with Crippen molar-refractivity contribution in [1.82, 2.24) is 9.80 Å². The highest BCUT2D eigenvalue weighted by Crippen LogP contribution is 2.28. The maximum absolute atomic E-state index is 12.9. The molecule has 2 aromatic carbocycles. The summed E-state index contributed by atoms with van der Waals surface area (Å²) in [5.41, 5.74) is 8.65. The molecule has 1 fully saturated rings. The second kappa shape index (κ2) is 9.35. The van der Waals surface area contributed by atoms with E-state index in [-0.39, 0.29) is 18.0 Å². The molecule has 3 rings (SSSR count). The van der Waals surface area contributed by atoms with E-state index in [0.717, 1.165) is 25.2 Å². The van der Waals surface area contributed by atoms with Crippen molar-refractivity contribution in [2.75, 3.05) is 20.1 Å². The first-order valence-electron chi connectivity index (χ1n) is 10.3. The van der Waals surface area contributed by atoms with Crippen LogP contribution in [0, 0.1) is 11.8 Å². The molecule has 0 spiro atoms. The lowest BCUT2D eigenvalue weighted by Gasteiger charge is -2.45. The van der Waals surface area contributed by atoms with Gasteiger partial charge in [-0.1, -0.05) is 74.5 Å². The minimum absolute atomic E-state index is 0.136. The maximum Gasteiger partial charge on any atom is 0.224 e. The summed E-state index contributed by atoms with van der Waals surface area (Å²) >= 11 is 0. The first-order valence-corrected chi connectivity index (χ1v) is 10.3. The van der Waals surface area contributed by atoms with Crippen molar-refractivity contribution in [2.45, 2.75) is 38.9 Å². The number of hydrogen-bond acceptors (Lipinski definition) is 3. The van der Waals surface area contributed by atoms with Crippen LogP contribution in [0.5, 0.6) is 0 Å². The topological polar surface area (TPSA) is 49.6 Å². The fraction of sp³-hybridized carbons (Fsp3) is 0.458. The molecule has 0 radical (unpaired) electrons. The maximum atomic E-state index is 12.9. The zero-order chi connectivity index (χ0) is 20.1. The minimum Gasteiger partial charge on any atom is -0.342 e. The molecule has 28 heavy (non-hydrogen) atoms. The van der Waals surface area contributed by atoms with Crippen LogP contribution in [0.4, 0.5) is 0 Å². The Hall–Kier alpha value is -2.17. The molecule has 0 saturated carbocycles. The molecule has 2 aromatic rings. The van der Waals surface area contributed by atoms with Gasteiger partial charge in [0.15, 0.2) is 0 Å². The van der Waals surface area contributed by atoms with E-state index in [4.69, 9.17) is 5.73 Å². The van der Waals surface area contributed by atoms with E-state index < -0.39 is 0 Å². The highest BCUT2D eigenvalue weighted by molar-refractivity contribution is 5.77. The summed E-state index contributed by atoms with van der Waals surface area (Å²) in [5.74, 6) is 0.986. The van der Waals surface area contributed by atoms with Crippen molar-refractivity contribution in [3.63, 3.8) is 0 Å². The van der Waals surface area contributed by atoms with Crippen molar-refractivity contribution < 1.29 is 4.79 Å². The Balaban J connectivity index is 1.59. The van der Waals surface area contributed by atoms with E-state index >= 15 is 0 Å². The second-order valence-electron chi connectivity index (χ2n) is 8.35. The van der Waals surface area contributed by atoms with Gasteiger partial charge in [-0.05, 0) is 23.0 Å². The van der Waals surface area contributed by atoms with Gasteiger partial charge in [0.1, 0.15) is 0 Å². The van der Waals surface area contributed by atoms with E-state index in [2.05, 4.69) is 49.1 Å². The molecule has 1 aliphatic rings. The van der Waals surface area contributed by atoms with Gasteiger partial charge in [-0.2, -0.15) is 0 Å². The molecule has 1 heterocycles. The van der Waals surface area contributed by atoms with Crippen LogP contribution in [0.15, 0.2) is 60.7 Å². The van der Waals surface area contributed by atoms with Crippen molar-refractivity contribution >= 4 is 5.91 Å². The Labute approximate surface area is 169 Å². The van der Waals surface area contributed by atoms with Crippen molar-refractivity contribution in [3.8, 4) is 0 Å². The van der Waals surface area contributed by atoms with Gasteiger partial charge in [0.05, 0.1) is 0 Å². The molecule has 4 nitrogen and oxygen atoms in total. The minimum atomic E-state index is -0.250. The van der Waals surface area contributed by atoms with E-state index in [1.165, 1.54) is 5.56 Å². The molecule has 150 valence electrons. The molecule has 2 N–H and O–H groups in total. The van der Waals surface area contributed by atoms with E-state index in [1.807, 2.05) is 42.3 Å². The molecular weight excluding hydrogens is 346 g/mol. The molecule has 3 atom stereocenters. The smallest absolute Gasteiger partial charge is 0.224 e. The summed E-state index contributed by atoms with van der Waals surface area (Å²) in [6.07, 6.45) is 0.351. The fourth-order valence-electron chi connectivity index (χ4n) is 4.72. The van der Waals surface area contributed by atoms with Gasteiger partial charge < -0.3 is 10.6 Å². The van der Waals surface area contributed by atoms with Crippen LogP contribution in [0.25, 0.3) is 0 Å². The van der Waals surface area contributed by atoms with Crippen molar-refractivity contribution in [1.29, 1.82) is 0 Å². The molecule has 1 amide bonds. The van der Waals surface area contributed by atoms with Gasteiger partial charge in [-0.25, -0.2) is 0 Å². The van der Waals surface area contributed by atoms with Gasteiger partial charge in [0, 0.05) is 45.2 Å². The Kier molecular flexibility index (Phi) is 6.87. The summed E-state index contributed by atoms with van der Waals surface area (Å²) in [5, 5.41) is 0. The quantitative estimate of drug-likeness (QED) is 0.833. The number of rotatable bonds is 6. The third kappa shape index (κ3) is 5.00. The number of amides is 1. The molecule has 4 heteroatoms.